The molecule has 2 aromatic rings. The van der Waals surface area contributed by atoms with Gasteiger partial charge in [-0.1, -0.05) is 6.07 Å². The number of nitrogens with one attached hydrogen (secondary N) is 1. The standard InChI is InChI=1S/C13H10F4N2O2/c1-2-21-12(20)11-6-10(18-19-11)7-3-4-8(9(14)5-7)13(15,16)17/h3-6H,2H2,1H3,(H,18,19). The molecule has 1 aromatic heterocycles. The van der Waals surface area contributed by atoms with Crippen LogP contribution in [0.15, 0.2) is 24.3 Å². The summed E-state index contributed by atoms with van der Waals surface area (Å²) < 4.78 is 55.6. The maximum absolute atomic E-state index is 13.5. The summed E-state index contributed by atoms with van der Waals surface area (Å²) in [5, 5.41) is 6.13. The van der Waals surface area contributed by atoms with Crippen molar-refractivity contribution >= 4 is 5.97 Å². The van der Waals surface area contributed by atoms with Gasteiger partial charge < -0.3 is 4.74 Å². The fourth-order valence-electron chi connectivity index (χ4n) is 1.69. The van der Waals surface area contributed by atoms with Crippen LogP contribution in [0.3, 0.4) is 0 Å². The lowest BCUT2D eigenvalue weighted by Gasteiger charge is -2.08. The smallest absolute Gasteiger partial charge is 0.419 e. The van der Waals surface area contributed by atoms with Crippen molar-refractivity contribution in [3.8, 4) is 11.3 Å². The van der Waals surface area contributed by atoms with E-state index in [1.54, 1.807) is 6.92 Å². The van der Waals surface area contributed by atoms with Gasteiger partial charge >= 0.3 is 12.1 Å². The highest BCUT2D eigenvalue weighted by Crippen LogP contribution is 2.33. The summed E-state index contributed by atoms with van der Waals surface area (Å²) in [5.41, 5.74) is -1.06. The molecule has 0 amide bonds. The number of H-pyrrole nitrogens is 1. The van der Waals surface area contributed by atoms with Crippen LogP contribution in [-0.2, 0) is 10.9 Å². The molecule has 0 saturated heterocycles. The molecule has 4 nitrogen and oxygen atoms in total. The Balaban J connectivity index is 2.31. The van der Waals surface area contributed by atoms with E-state index >= 15 is 0 Å². The lowest BCUT2D eigenvalue weighted by atomic mass is 10.1. The number of ether oxygens (including phenoxy) is 1. The Labute approximate surface area is 116 Å². The van der Waals surface area contributed by atoms with Gasteiger partial charge in [0.2, 0.25) is 0 Å². The maximum Gasteiger partial charge on any atom is 0.419 e. The van der Waals surface area contributed by atoms with Gasteiger partial charge in [-0.2, -0.15) is 18.3 Å². The van der Waals surface area contributed by atoms with Crippen molar-refractivity contribution in [2.75, 3.05) is 6.61 Å². The normalized spacial score (nSPS) is 11.5. The van der Waals surface area contributed by atoms with E-state index in [-0.39, 0.29) is 23.6 Å². The number of esters is 1. The van der Waals surface area contributed by atoms with Crippen molar-refractivity contribution in [2.24, 2.45) is 0 Å². The van der Waals surface area contributed by atoms with Crippen LogP contribution < -0.4 is 0 Å². The van der Waals surface area contributed by atoms with Crippen molar-refractivity contribution in [1.82, 2.24) is 10.2 Å². The molecule has 0 aliphatic heterocycles. The third-order valence-corrected chi connectivity index (χ3v) is 2.64. The molecule has 1 aromatic carbocycles. The number of carbonyl (C=O) groups is 1. The topological polar surface area (TPSA) is 55.0 Å². The molecule has 0 radical (unpaired) electrons. The third-order valence-electron chi connectivity index (χ3n) is 2.64. The largest absolute Gasteiger partial charge is 0.461 e. The summed E-state index contributed by atoms with van der Waals surface area (Å²) in [4.78, 5) is 11.4. The van der Waals surface area contributed by atoms with Gasteiger partial charge in [0.15, 0.2) is 0 Å². The molecule has 2 rings (SSSR count). The molecule has 0 atom stereocenters. The lowest BCUT2D eigenvalue weighted by Crippen LogP contribution is -2.07. The van der Waals surface area contributed by atoms with Gasteiger partial charge in [-0.15, -0.1) is 0 Å². The molecule has 0 bridgehead atoms. The minimum atomic E-state index is -4.76. The highest BCUT2D eigenvalue weighted by molar-refractivity contribution is 5.88. The highest BCUT2D eigenvalue weighted by Gasteiger charge is 2.34. The zero-order chi connectivity index (χ0) is 15.6. The van der Waals surface area contributed by atoms with Gasteiger partial charge in [0.1, 0.15) is 11.5 Å². The van der Waals surface area contributed by atoms with E-state index in [2.05, 4.69) is 10.2 Å². The first-order valence-corrected chi connectivity index (χ1v) is 5.92. The molecule has 0 spiro atoms. The van der Waals surface area contributed by atoms with Gasteiger partial charge in [0.25, 0.3) is 0 Å². The van der Waals surface area contributed by atoms with E-state index in [4.69, 9.17) is 4.74 Å². The average Bonchev–Trinajstić information content (AvgIpc) is 2.87. The van der Waals surface area contributed by atoms with Crippen molar-refractivity contribution in [3.05, 3.63) is 41.3 Å². The second-order valence-corrected chi connectivity index (χ2v) is 4.08. The number of nitrogens with zero attached hydrogens (tertiary/aromatic N) is 1. The third kappa shape index (κ3) is 3.21. The molecule has 0 aliphatic carbocycles. The van der Waals surface area contributed by atoms with Crippen molar-refractivity contribution < 1.29 is 27.1 Å². The molecule has 0 saturated carbocycles. The molecule has 1 N–H and O–H groups in total. The predicted molar refractivity (Wildman–Crippen MR) is 64.9 cm³/mol. The summed E-state index contributed by atoms with van der Waals surface area (Å²) >= 11 is 0. The lowest BCUT2D eigenvalue weighted by molar-refractivity contribution is -0.139. The number of aromatic nitrogens is 2. The molecule has 21 heavy (non-hydrogen) atoms. The van der Waals surface area contributed by atoms with Gasteiger partial charge in [0.05, 0.1) is 17.9 Å². The minimum absolute atomic E-state index is 0.0344. The van der Waals surface area contributed by atoms with E-state index in [0.29, 0.717) is 12.1 Å². The molecule has 0 aliphatic rings. The maximum atomic E-state index is 13.5. The van der Waals surface area contributed by atoms with E-state index in [1.165, 1.54) is 6.07 Å². The molecular formula is C13H10F4N2O2. The van der Waals surface area contributed by atoms with Gasteiger partial charge in [-0.05, 0) is 25.1 Å². The Bertz CT molecular complexity index is 664. The molecule has 0 unspecified atom stereocenters. The van der Waals surface area contributed by atoms with Crippen LogP contribution in [0.2, 0.25) is 0 Å². The van der Waals surface area contributed by atoms with Crippen LogP contribution >= 0.6 is 0 Å². The number of hydrogen-bond acceptors (Lipinski definition) is 3. The SMILES string of the molecule is CCOC(=O)c1cc(-c2ccc(C(F)(F)F)c(F)c2)n[nH]1. The van der Waals surface area contributed by atoms with E-state index in [0.717, 1.165) is 6.07 Å². The number of rotatable bonds is 3. The first-order valence-electron chi connectivity index (χ1n) is 5.92. The number of alkyl halides is 3. The molecular weight excluding hydrogens is 292 g/mol. The Kier molecular flexibility index (Phi) is 3.97. The predicted octanol–water partition coefficient (Wildman–Crippen LogP) is 3.41. The molecule has 0 fully saturated rings. The second-order valence-electron chi connectivity index (χ2n) is 4.08. The van der Waals surface area contributed by atoms with Crippen LogP contribution in [0.25, 0.3) is 11.3 Å². The van der Waals surface area contributed by atoms with Crippen LogP contribution in [0.4, 0.5) is 17.6 Å². The minimum Gasteiger partial charge on any atom is -0.461 e. The summed E-state index contributed by atoms with van der Waals surface area (Å²) in [7, 11) is 0. The van der Waals surface area contributed by atoms with E-state index in [1.807, 2.05) is 0 Å². The summed E-state index contributed by atoms with van der Waals surface area (Å²) in [6, 6.07) is 3.70. The fraction of sp³-hybridized carbons (Fsp3) is 0.231. The van der Waals surface area contributed by atoms with Crippen LogP contribution in [-0.4, -0.2) is 22.8 Å². The monoisotopic (exact) mass is 302 g/mol. The summed E-state index contributed by atoms with van der Waals surface area (Å²) in [6.07, 6.45) is -4.76. The second kappa shape index (κ2) is 5.55. The number of aromatic amines is 1. The average molecular weight is 302 g/mol. The molecule has 1 heterocycles. The van der Waals surface area contributed by atoms with Gasteiger partial charge in [-0.25, -0.2) is 9.18 Å². The van der Waals surface area contributed by atoms with E-state index < -0.39 is 23.5 Å². The highest BCUT2D eigenvalue weighted by atomic mass is 19.4. The Morgan fingerprint density at radius 2 is 2.05 bits per heavy atom. The molecule has 112 valence electrons. The zero-order valence-electron chi connectivity index (χ0n) is 10.8. The van der Waals surface area contributed by atoms with Crippen LogP contribution in [0, 0.1) is 5.82 Å². The summed E-state index contributed by atoms with van der Waals surface area (Å²) in [5.74, 6) is -2.05. The van der Waals surface area contributed by atoms with Crippen LogP contribution in [0.1, 0.15) is 23.0 Å². The Hall–Kier alpha value is -2.38. The van der Waals surface area contributed by atoms with Crippen molar-refractivity contribution in [1.29, 1.82) is 0 Å². The fourth-order valence-corrected chi connectivity index (χ4v) is 1.69. The number of halogens is 4. The Morgan fingerprint density at radius 3 is 2.62 bits per heavy atom. The first-order chi connectivity index (χ1) is 9.82. The number of hydrogen-bond donors (Lipinski definition) is 1. The molecule has 8 heteroatoms. The van der Waals surface area contributed by atoms with Gasteiger partial charge in [-0.3, -0.25) is 5.10 Å². The van der Waals surface area contributed by atoms with Crippen LogP contribution in [0.5, 0.6) is 0 Å². The van der Waals surface area contributed by atoms with E-state index in [9.17, 15) is 22.4 Å². The van der Waals surface area contributed by atoms with Gasteiger partial charge in [0, 0.05) is 5.56 Å². The summed E-state index contributed by atoms with van der Waals surface area (Å²) in [6.45, 7) is 1.79. The van der Waals surface area contributed by atoms with Crippen molar-refractivity contribution in [2.45, 2.75) is 13.1 Å². The van der Waals surface area contributed by atoms with Crippen molar-refractivity contribution in [3.63, 3.8) is 0 Å². The number of carbonyl (C=O) groups excluding carboxylic acids is 1. The first kappa shape index (κ1) is 15.0. The Morgan fingerprint density at radius 1 is 1.33 bits per heavy atom. The quantitative estimate of drug-likeness (QED) is 0.698. The zero-order valence-corrected chi connectivity index (χ0v) is 10.8. The number of benzene rings is 1.